The molecule has 6 nitrogen and oxygen atoms in total. The number of rotatable bonds is 5. The molecule has 1 aromatic heterocycles. The van der Waals surface area contributed by atoms with Crippen molar-refractivity contribution in [3.8, 4) is 5.75 Å². The summed E-state index contributed by atoms with van der Waals surface area (Å²) >= 11 is 1.39. The second kappa shape index (κ2) is 7.56. The standard InChI is InChI=1S/C20H26N4O2S/c1-12-5-4-6-17(13(12)2)26-14(3)19-22-23-20(27-19)21-18(25)16-11-24-9-7-15(16)8-10-24/h4-6,14-16H,7-11H2,1-3H3,(H,21,23,25)/t14-,16+/m1/s1. The molecule has 2 bridgehead atoms. The summed E-state index contributed by atoms with van der Waals surface area (Å²) in [6, 6.07) is 6.03. The first-order valence-corrected chi connectivity index (χ1v) is 10.4. The maximum absolute atomic E-state index is 12.7. The van der Waals surface area contributed by atoms with E-state index in [0.717, 1.165) is 48.8 Å². The van der Waals surface area contributed by atoms with Crippen LogP contribution in [0.1, 0.15) is 42.0 Å². The molecule has 0 saturated carbocycles. The minimum Gasteiger partial charge on any atom is -0.483 e. The quantitative estimate of drug-likeness (QED) is 0.851. The van der Waals surface area contributed by atoms with Gasteiger partial charge in [-0.1, -0.05) is 23.5 Å². The predicted molar refractivity (Wildman–Crippen MR) is 106 cm³/mol. The highest BCUT2D eigenvalue weighted by Crippen LogP contribution is 2.34. The number of aryl methyl sites for hydroxylation is 1. The van der Waals surface area contributed by atoms with Crippen molar-refractivity contribution in [3.05, 3.63) is 34.3 Å². The highest BCUT2D eigenvalue weighted by molar-refractivity contribution is 7.15. The van der Waals surface area contributed by atoms with Gasteiger partial charge in [0, 0.05) is 6.54 Å². The number of aromatic nitrogens is 2. The lowest BCUT2D eigenvalue weighted by Crippen LogP contribution is -2.51. The van der Waals surface area contributed by atoms with Gasteiger partial charge in [0.1, 0.15) is 11.9 Å². The van der Waals surface area contributed by atoms with Crippen molar-refractivity contribution < 1.29 is 9.53 Å². The van der Waals surface area contributed by atoms with Crippen LogP contribution in [0.25, 0.3) is 0 Å². The fourth-order valence-corrected chi connectivity index (χ4v) is 4.73. The molecule has 27 heavy (non-hydrogen) atoms. The van der Waals surface area contributed by atoms with Gasteiger partial charge in [0.2, 0.25) is 11.0 Å². The normalized spacial score (nSPS) is 25.2. The molecule has 4 heterocycles. The Morgan fingerprint density at radius 1 is 1.30 bits per heavy atom. The van der Waals surface area contributed by atoms with E-state index in [1.165, 1.54) is 16.9 Å². The fourth-order valence-electron chi connectivity index (χ4n) is 4.00. The number of nitrogens with one attached hydrogen (secondary N) is 1. The van der Waals surface area contributed by atoms with Crippen molar-refractivity contribution in [3.63, 3.8) is 0 Å². The molecule has 144 valence electrons. The molecule has 3 fully saturated rings. The zero-order valence-corrected chi connectivity index (χ0v) is 16.9. The average molecular weight is 387 g/mol. The van der Waals surface area contributed by atoms with E-state index in [4.69, 9.17) is 4.74 Å². The number of nitrogens with zero attached hydrogens (tertiary/aromatic N) is 3. The smallest absolute Gasteiger partial charge is 0.230 e. The molecule has 1 amide bonds. The van der Waals surface area contributed by atoms with Crippen LogP contribution in [0.15, 0.2) is 18.2 Å². The molecule has 2 aromatic rings. The average Bonchev–Trinajstić information content (AvgIpc) is 3.15. The van der Waals surface area contributed by atoms with E-state index in [1.807, 2.05) is 19.1 Å². The molecular weight excluding hydrogens is 360 g/mol. The number of benzene rings is 1. The highest BCUT2D eigenvalue weighted by atomic mass is 32.1. The van der Waals surface area contributed by atoms with Crippen LogP contribution in [0.4, 0.5) is 5.13 Å². The molecule has 0 aliphatic carbocycles. The minimum absolute atomic E-state index is 0.0727. The second-order valence-corrected chi connectivity index (χ2v) is 8.65. The van der Waals surface area contributed by atoms with Gasteiger partial charge in [-0.05, 0) is 69.8 Å². The lowest BCUT2D eigenvalue weighted by molar-refractivity contribution is -0.125. The van der Waals surface area contributed by atoms with Gasteiger partial charge in [0.05, 0.1) is 5.92 Å². The number of hydrogen-bond acceptors (Lipinski definition) is 6. The summed E-state index contributed by atoms with van der Waals surface area (Å²) in [5, 5.41) is 12.7. The first-order chi connectivity index (χ1) is 13.0. The summed E-state index contributed by atoms with van der Waals surface area (Å²) in [6.45, 7) is 9.21. The molecule has 7 heteroatoms. The van der Waals surface area contributed by atoms with Crippen LogP contribution in [-0.4, -0.2) is 40.6 Å². The summed E-state index contributed by atoms with van der Waals surface area (Å²) in [6.07, 6.45) is 2.03. The second-order valence-electron chi connectivity index (χ2n) is 7.64. The Morgan fingerprint density at radius 3 is 2.78 bits per heavy atom. The molecule has 3 saturated heterocycles. The number of ether oxygens (including phenoxy) is 1. The summed E-state index contributed by atoms with van der Waals surface area (Å²) in [5.41, 5.74) is 2.33. The van der Waals surface area contributed by atoms with E-state index >= 15 is 0 Å². The Hall–Kier alpha value is -1.99. The Kier molecular flexibility index (Phi) is 5.14. The van der Waals surface area contributed by atoms with Gasteiger partial charge in [0.15, 0.2) is 5.01 Å². The largest absolute Gasteiger partial charge is 0.483 e. The van der Waals surface area contributed by atoms with Crippen molar-refractivity contribution in [2.24, 2.45) is 11.8 Å². The summed E-state index contributed by atoms with van der Waals surface area (Å²) < 4.78 is 6.08. The number of fused-ring (bicyclic) bond motifs is 3. The molecule has 5 rings (SSSR count). The lowest BCUT2D eigenvalue weighted by atomic mass is 9.78. The van der Waals surface area contributed by atoms with Crippen molar-refractivity contribution in [1.82, 2.24) is 15.1 Å². The van der Waals surface area contributed by atoms with Crippen LogP contribution in [0, 0.1) is 25.7 Å². The highest BCUT2D eigenvalue weighted by Gasteiger charge is 2.38. The number of carbonyl (C=O) groups excluding carboxylic acids is 1. The maximum atomic E-state index is 12.7. The summed E-state index contributed by atoms with van der Waals surface area (Å²) in [4.78, 5) is 15.1. The molecule has 1 aromatic carbocycles. The molecule has 2 atom stereocenters. The molecule has 0 unspecified atom stereocenters. The van der Waals surface area contributed by atoms with Crippen LogP contribution in [-0.2, 0) is 4.79 Å². The lowest BCUT2D eigenvalue weighted by Gasteiger charge is -2.43. The van der Waals surface area contributed by atoms with Crippen molar-refractivity contribution in [2.75, 3.05) is 25.0 Å². The van der Waals surface area contributed by atoms with Crippen LogP contribution in [0.5, 0.6) is 5.75 Å². The van der Waals surface area contributed by atoms with Crippen LogP contribution in [0.3, 0.4) is 0 Å². The number of anilines is 1. The first-order valence-electron chi connectivity index (χ1n) is 9.60. The number of piperidine rings is 3. The maximum Gasteiger partial charge on any atom is 0.230 e. The van der Waals surface area contributed by atoms with E-state index in [-0.39, 0.29) is 17.9 Å². The zero-order valence-electron chi connectivity index (χ0n) is 16.1. The van der Waals surface area contributed by atoms with E-state index in [2.05, 4.69) is 40.3 Å². The predicted octanol–water partition coefficient (Wildman–Crippen LogP) is 3.58. The van der Waals surface area contributed by atoms with Gasteiger partial charge in [-0.2, -0.15) is 0 Å². The monoisotopic (exact) mass is 386 g/mol. The molecular formula is C20H26N4O2S. The third-order valence-electron chi connectivity index (χ3n) is 5.87. The summed E-state index contributed by atoms with van der Waals surface area (Å²) in [7, 11) is 0. The SMILES string of the molecule is Cc1cccc(O[C@H](C)c2nnc(NC(=O)[C@H]3CN4CCC3CC4)s2)c1C. The van der Waals surface area contributed by atoms with Crippen LogP contribution < -0.4 is 10.1 Å². The summed E-state index contributed by atoms with van der Waals surface area (Å²) in [5.74, 6) is 1.52. The fraction of sp³-hybridized carbons (Fsp3) is 0.550. The zero-order chi connectivity index (χ0) is 19.0. The van der Waals surface area contributed by atoms with Crippen molar-refractivity contribution in [2.45, 2.75) is 39.7 Å². The van der Waals surface area contributed by atoms with Crippen molar-refractivity contribution >= 4 is 22.4 Å². The molecule has 1 N–H and O–H groups in total. The topological polar surface area (TPSA) is 67.4 Å². The van der Waals surface area contributed by atoms with E-state index in [1.54, 1.807) is 0 Å². The van der Waals surface area contributed by atoms with Gasteiger partial charge >= 0.3 is 0 Å². The third-order valence-corrected chi connectivity index (χ3v) is 6.87. The molecule has 0 spiro atoms. The van der Waals surface area contributed by atoms with E-state index in [9.17, 15) is 4.79 Å². The van der Waals surface area contributed by atoms with E-state index < -0.39 is 0 Å². The van der Waals surface area contributed by atoms with Gasteiger partial charge in [0.25, 0.3) is 0 Å². The Balaban J connectivity index is 1.39. The van der Waals surface area contributed by atoms with E-state index in [0.29, 0.717) is 11.0 Å². The van der Waals surface area contributed by atoms with Crippen LogP contribution in [0.2, 0.25) is 0 Å². The van der Waals surface area contributed by atoms with Gasteiger partial charge < -0.3 is 15.0 Å². The number of carbonyl (C=O) groups is 1. The van der Waals surface area contributed by atoms with Gasteiger partial charge in [-0.3, -0.25) is 4.79 Å². The third kappa shape index (κ3) is 3.84. The molecule has 0 radical (unpaired) electrons. The number of hydrogen-bond donors (Lipinski definition) is 1. The molecule has 3 aliphatic rings. The van der Waals surface area contributed by atoms with Crippen molar-refractivity contribution in [1.29, 1.82) is 0 Å². The number of amides is 1. The van der Waals surface area contributed by atoms with Gasteiger partial charge in [-0.25, -0.2) is 0 Å². The van der Waals surface area contributed by atoms with Gasteiger partial charge in [-0.15, -0.1) is 10.2 Å². The Morgan fingerprint density at radius 2 is 2.07 bits per heavy atom. The Bertz CT molecular complexity index is 829. The molecule has 3 aliphatic heterocycles. The first kappa shape index (κ1) is 18.4. The Labute approximate surface area is 163 Å². The van der Waals surface area contributed by atoms with Crippen LogP contribution >= 0.6 is 11.3 Å². The minimum atomic E-state index is -0.217.